The molecule has 0 spiro atoms. The van der Waals surface area contributed by atoms with Crippen LogP contribution >= 0.6 is 0 Å². The average molecular weight is 360 g/mol. The van der Waals surface area contributed by atoms with Gasteiger partial charge in [-0.3, -0.25) is 14.4 Å². The van der Waals surface area contributed by atoms with E-state index in [0.717, 1.165) is 11.9 Å². The van der Waals surface area contributed by atoms with Crippen LogP contribution in [0.25, 0.3) is 0 Å². The Morgan fingerprint density at radius 2 is 2.27 bits per heavy atom. The third kappa shape index (κ3) is 4.33. The highest BCUT2D eigenvalue weighted by molar-refractivity contribution is 5.91. The Balaban J connectivity index is 1.51. The number of carbonyl (C=O) groups is 1. The number of aryl methyl sites for hydroxylation is 1. The molecule has 0 aromatic carbocycles. The number of rotatable bonds is 5. The molecule has 0 unspecified atom stereocenters. The van der Waals surface area contributed by atoms with Gasteiger partial charge in [-0.15, -0.1) is 0 Å². The van der Waals surface area contributed by atoms with Crippen molar-refractivity contribution in [2.75, 3.05) is 31.1 Å². The molecule has 138 valence electrons. The summed E-state index contributed by atoms with van der Waals surface area (Å²) in [7, 11) is 1.61. The van der Waals surface area contributed by atoms with E-state index in [-0.39, 0.29) is 28.8 Å². The fraction of sp³-hybridized carbons (Fsp3) is 0.438. The molecule has 10 nitrogen and oxygen atoms in total. The summed E-state index contributed by atoms with van der Waals surface area (Å²) < 4.78 is 7.01. The molecule has 2 aromatic heterocycles. The highest BCUT2D eigenvalue weighted by Crippen LogP contribution is 2.16. The molecule has 0 saturated carbocycles. The van der Waals surface area contributed by atoms with E-state index in [1.54, 1.807) is 19.3 Å². The second-order valence-corrected chi connectivity index (χ2v) is 5.96. The number of aromatic amines is 1. The molecule has 1 aliphatic rings. The predicted molar refractivity (Wildman–Crippen MR) is 93.2 cm³/mol. The number of morpholine rings is 1. The van der Waals surface area contributed by atoms with Crippen molar-refractivity contribution in [1.82, 2.24) is 25.1 Å². The summed E-state index contributed by atoms with van der Waals surface area (Å²) in [6.07, 6.45) is 4.54. The second-order valence-electron chi connectivity index (χ2n) is 5.96. The number of H-pyrrole nitrogens is 1. The maximum absolute atomic E-state index is 12.0. The first-order valence-electron chi connectivity index (χ1n) is 8.26. The number of nitrogens with zero attached hydrogens (tertiary/aromatic N) is 4. The molecule has 0 radical (unpaired) electrons. The summed E-state index contributed by atoms with van der Waals surface area (Å²) in [6, 6.07) is 1.55. The third-order valence-corrected chi connectivity index (χ3v) is 4.11. The van der Waals surface area contributed by atoms with Crippen LogP contribution in [0, 0.1) is 0 Å². The van der Waals surface area contributed by atoms with Crippen LogP contribution in [0.5, 0.6) is 0 Å². The molecule has 2 N–H and O–H groups in total. The lowest BCUT2D eigenvalue weighted by Gasteiger charge is -2.34. The molecule has 1 saturated heterocycles. The van der Waals surface area contributed by atoms with E-state index in [1.807, 2.05) is 4.90 Å². The smallest absolute Gasteiger partial charge is 0.271 e. The Labute approximate surface area is 148 Å². The van der Waals surface area contributed by atoms with Crippen LogP contribution in [0.1, 0.15) is 16.9 Å². The van der Waals surface area contributed by atoms with Gasteiger partial charge in [-0.05, 0) is 6.42 Å². The highest BCUT2D eigenvalue weighted by atomic mass is 16.5. The number of hydrogen-bond donors (Lipinski definition) is 2. The molecule has 1 aliphatic heterocycles. The van der Waals surface area contributed by atoms with Crippen LogP contribution in [0.3, 0.4) is 0 Å². The van der Waals surface area contributed by atoms with Crippen molar-refractivity contribution < 1.29 is 9.53 Å². The van der Waals surface area contributed by atoms with Crippen molar-refractivity contribution in [3.63, 3.8) is 0 Å². The summed E-state index contributed by atoms with van der Waals surface area (Å²) in [6.45, 7) is 2.24. The number of hydrogen-bond acceptors (Lipinski definition) is 7. The fourth-order valence-corrected chi connectivity index (χ4v) is 2.66. The van der Waals surface area contributed by atoms with Crippen molar-refractivity contribution in [3.05, 3.63) is 51.1 Å². The molecule has 1 atom stereocenters. The lowest BCUT2D eigenvalue weighted by atomic mass is 10.2. The van der Waals surface area contributed by atoms with E-state index < -0.39 is 0 Å². The summed E-state index contributed by atoms with van der Waals surface area (Å²) in [5, 5.41) is 6.79. The normalized spacial score (nSPS) is 17.1. The standard InChI is InChI=1S/C16H20N6O4/c1-21-15(24)6-11(7-20-21)22-4-5-26-12(10-22)2-3-17-16(25)13-8-19-14(23)9-18-13/h6-9,12H,2-5,10H2,1H3,(H,17,25)(H,19,23)/t12-/m0/s1. The van der Waals surface area contributed by atoms with Gasteiger partial charge >= 0.3 is 0 Å². The van der Waals surface area contributed by atoms with Gasteiger partial charge in [0.15, 0.2) is 0 Å². The third-order valence-electron chi connectivity index (χ3n) is 4.11. The molecular formula is C16H20N6O4. The van der Waals surface area contributed by atoms with E-state index in [2.05, 4.69) is 20.4 Å². The van der Waals surface area contributed by atoms with Crippen LogP contribution in [-0.4, -0.2) is 58.0 Å². The monoisotopic (exact) mass is 360 g/mol. The van der Waals surface area contributed by atoms with Crippen LogP contribution in [0.4, 0.5) is 5.69 Å². The van der Waals surface area contributed by atoms with Crippen molar-refractivity contribution >= 4 is 11.6 Å². The van der Waals surface area contributed by atoms with Crippen LogP contribution in [-0.2, 0) is 11.8 Å². The van der Waals surface area contributed by atoms with Gasteiger partial charge in [0.25, 0.3) is 17.0 Å². The van der Waals surface area contributed by atoms with Gasteiger partial charge in [-0.1, -0.05) is 0 Å². The largest absolute Gasteiger partial charge is 0.374 e. The van der Waals surface area contributed by atoms with Gasteiger partial charge in [0.2, 0.25) is 0 Å². The maximum Gasteiger partial charge on any atom is 0.271 e. The lowest BCUT2D eigenvalue weighted by Crippen LogP contribution is -2.44. The lowest BCUT2D eigenvalue weighted by molar-refractivity contribution is 0.0353. The summed E-state index contributed by atoms with van der Waals surface area (Å²) in [4.78, 5) is 42.9. The van der Waals surface area contributed by atoms with Crippen LogP contribution in [0.2, 0.25) is 0 Å². The quantitative estimate of drug-likeness (QED) is 0.693. The zero-order valence-electron chi connectivity index (χ0n) is 14.3. The molecule has 1 fully saturated rings. The predicted octanol–water partition coefficient (Wildman–Crippen LogP) is -1.11. The van der Waals surface area contributed by atoms with E-state index >= 15 is 0 Å². The topological polar surface area (TPSA) is 122 Å². The van der Waals surface area contributed by atoms with Gasteiger partial charge in [0.05, 0.1) is 30.8 Å². The highest BCUT2D eigenvalue weighted by Gasteiger charge is 2.21. The second kappa shape index (κ2) is 7.91. The Morgan fingerprint density at radius 3 is 3.00 bits per heavy atom. The minimum absolute atomic E-state index is 0.0725. The summed E-state index contributed by atoms with van der Waals surface area (Å²) in [5.74, 6) is -0.357. The fourth-order valence-electron chi connectivity index (χ4n) is 2.66. The maximum atomic E-state index is 12.0. The van der Waals surface area contributed by atoms with Crippen molar-refractivity contribution in [3.8, 4) is 0 Å². The zero-order chi connectivity index (χ0) is 18.5. The number of anilines is 1. The number of aromatic nitrogens is 4. The van der Waals surface area contributed by atoms with Crippen molar-refractivity contribution in [1.29, 1.82) is 0 Å². The Hall–Kier alpha value is -3.01. The van der Waals surface area contributed by atoms with Gasteiger partial charge in [-0.2, -0.15) is 5.10 Å². The van der Waals surface area contributed by atoms with Gasteiger partial charge in [-0.25, -0.2) is 9.67 Å². The number of nitrogens with one attached hydrogen (secondary N) is 2. The molecule has 10 heteroatoms. The summed E-state index contributed by atoms with van der Waals surface area (Å²) in [5.41, 5.74) is 0.401. The summed E-state index contributed by atoms with van der Waals surface area (Å²) >= 11 is 0. The first-order chi connectivity index (χ1) is 12.5. The van der Waals surface area contributed by atoms with E-state index in [0.29, 0.717) is 32.7 Å². The molecule has 3 rings (SSSR count). The van der Waals surface area contributed by atoms with E-state index in [9.17, 15) is 14.4 Å². The van der Waals surface area contributed by atoms with Gasteiger partial charge in [0.1, 0.15) is 5.69 Å². The van der Waals surface area contributed by atoms with Gasteiger partial charge < -0.3 is 19.9 Å². The molecule has 2 aromatic rings. The van der Waals surface area contributed by atoms with Crippen molar-refractivity contribution in [2.24, 2.45) is 7.05 Å². The molecule has 3 heterocycles. The molecule has 0 bridgehead atoms. The minimum Gasteiger partial charge on any atom is -0.374 e. The first kappa shape index (κ1) is 17.8. The van der Waals surface area contributed by atoms with Gasteiger partial charge in [0, 0.05) is 38.9 Å². The van der Waals surface area contributed by atoms with Crippen LogP contribution in [0.15, 0.2) is 34.2 Å². The SMILES string of the molecule is Cn1ncc(N2CCO[C@@H](CCNC(=O)c3c[nH]c(=O)cn3)C2)cc1=O. The minimum atomic E-state index is -0.359. The molecular weight excluding hydrogens is 340 g/mol. The van der Waals surface area contributed by atoms with E-state index in [1.165, 1.54) is 10.9 Å². The average Bonchev–Trinajstić information content (AvgIpc) is 2.65. The number of ether oxygens (including phenoxy) is 1. The molecule has 1 amide bonds. The molecule has 26 heavy (non-hydrogen) atoms. The Morgan fingerprint density at radius 1 is 1.42 bits per heavy atom. The first-order valence-corrected chi connectivity index (χ1v) is 8.26. The van der Waals surface area contributed by atoms with Crippen LogP contribution < -0.4 is 21.3 Å². The Kier molecular flexibility index (Phi) is 5.42. The zero-order valence-corrected chi connectivity index (χ0v) is 14.3. The molecule has 0 aliphatic carbocycles. The Bertz CT molecular complexity index is 872. The number of carbonyl (C=O) groups excluding carboxylic acids is 1. The number of amides is 1. The van der Waals surface area contributed by atoms with Crippen molar-refractivity contribution in [2.45, 2.75) is 12.5 Å². The van der Waals surface area contributed by atoms with E-state index in [4.69, 9.17) is 4.74 Å².